The molecule has 1 unspecified atom stereocenters. The van der Waals surface area contributed by atoms with Crippen molar-refractivity contribution in [2.75, 3.05) is 0 Å². The highest BCUT2D eigenvalue weighted by Gasteiger charge is 2.20. The van der Waals surface area contributed by atoms with Crippen LogP contribution in [0.5, 0.6) is 0 Å². The third-order valence-corrected chi connectivity index (χ3v) is 6.55. The predicted octanol–water partition coefficient (Wildman–Crippen LogP) is 7.11. The van der Waals surface area contributed by atoms with Crippen LogP contribution in [0.2, 0.25) is 5.02 Å². The number of pyridine rings is 1. The lowest BCUT2D eigenvalue weighted by Gasteiger charge is -2.21. The molecule has 0 radical (unpaired) electrons. The summed E-state index contributed by atoms with van der Waals surface area (Å²) in [5.74, 6) is -1.09. The normalized spacial score (nSPS) is 13.1. The topological polar surface area (TPSA) is 92.0 Å². The fourth-order valence-electron chi connectivity index (χ4n) is 4.22. The molecular formula is C32H31ClN2O4. The van der Waals surface area contributed by atoms with Gasteiger partial charge in [0, 0.05) is 10.4 Å². The Morgan fingerprint density at radius 3 is 2.59 bits per heavy atom. The maximum Gasteiger partial charge on any atom is 0.347 e. The molecule has 3 aromatic carbocycles. The van der Waals surface area contributed by atoms with E-state index in [0.717, 1.165) is 38.9 Å². The van der Waals surface area contributed by atoms with E-state index < -0.39 is 17.7 Å². The van der Waals surface area contributed by atoms with Crippen LogP contribution in [0, 0.1) is 0 Å². The Morgan fingerprint density at radius 2 is 1.82 bits per heavy atom. The summed E-state index contributed by atoms with van der Waals surface area (Å²) in [6.45, 7) is 4.95. The van der Waals surface area contributed by atoms with Crippen molar-refractivity contribution in [2.45, 2.75) is 45.3 Å². The summed E-state index contributed by atoms with van der Waals surface area (Å²) in [6.07, 6.45) is 3.88. The Balaban J connectivity index is 1.60. The number of hydrogen-bond acceptors (Lipinski definition) is 5. The van der Waals surface area contributed by atoms with Crippen molar-refractivity contribution in [3.8, 4) is 0 Å². The third kappa shape index (κ3) is 7.53. The molecule has 0 aliphatic heterocycles. The van der Waals surface area contributed by atoms with Crippen molar-refractivity contribution in [2.24, 2.45) is 5.16 Å². The van der Waals surface area contributed by atoms with E-state index in [9.17, 15) is 15.0 Å². The number of aromatic nitrogens is 1. The molecule has 0 aliphatic rings. The lowest BCUT2D eigenvalue weighted by Crippen LogP contribution is -2.19. The molecule has 7 heteroatoms. The van der Waals surface area contributed by atoms with Gasteiger partial charge in [-0.05, 0) is 86.2 Å². The number of benzene rings is 3. The molecule has 0 aliphatic carbocycles. The number of oxime groups is 1. The number of fused-ring (bicyclic) bond motifs is 1. The van der Waals surface area contributed by atoms with Gasteiger partial charge in [0.2, 0.25) is 6.10 Å². The summed E-state index contributed by atoms with van der Waals surface area (Å²) < 4.78 is 0. The van der Waals surface area contributed by atoms with Crippen LogP contribution >= 0.6 is 11.6 Å². The average molecular weight is 543 g/mol. The molecule has 0 saturated carbocycles. The third-order valence-electron chi connectivity index (χ3n) is 6.32. The van der Waals surface area contributed by atoms with Gasteiger partial charge >= 0.3 is 5.97 Å². The minimum Gasteiger partial charge on any atom is -0.478 e. The van der Waals surface area contributed by atoms with Crippen molar-refractivity contribution < 1.29 is 19.8 Å². The number of nitrogens with zero attached hydrogens (tertiary/aromatic N) is 2. The van der Waals surface area contributed by atoms with Crippen molar-refractivity contribution >= 4 is 46.3 Å². The van der Waals surface area contributed by atoms with Gasteiger partial charge in [-0.2, -0.15) is 0 Å². The molecule has 4 aromatic rings. The van der Waals surface area contributed by atoms with E-state index in [4.69, 9.17) is 16.4 Å². The minimum absolute atomic E-state index is 0.486. The molecule has 0 fully saturated rings. The molecule has 4 rings (SSSR count). The number of carboxylic acid groups (broad SMARTS) is 1. The van der Waals surface area contributed by atoms with Gasteiger partial charge in [0.05, 0.1) is 22.5 Å². The number of carbonyl (C=O) groups is 1. The molecule has 0 spiro atoms. The highest BCUT2D eigenvalue weighted by Crippen LogP contribution is 2.25. The number of aliphatic carboxylic acids is 1. The number of aliphatic hydroxyl groups is 1. The zero-order valence-corrected chi connectivity index (χ0v) is 22.9. The average Bonchev–Trinajstić information content (AvgIpc) is 2.91. The van der Waals surface area contributed by atoms with Crippen LogP contribution in [0.25, 0.3) is 23.1 Å². The summed E-state index contributed by atoms with van der Waals surface area (Å²) in [6, 6.07) is 25.1. The maximum absolute atomic E-state index is 11.3. The Labute approximate surface area is 233 Å². The molecule has 0 bridgehead atoms. The molecule has 39 heavy (non-hydrogen) atoms. The molecule has 1 heterocycles. The molecule has 1 atom stereocenters. The van der Waals surface area contributed by atoms with Gasteiger partial charge in [0.25, 0.3) is 0 Å². The predicted molar refractivity (Wildman–Crippen MR) is 157 cm³/mol. The second-order valence-corrected chi connectivity index (χ2v) is 10.3. The first-order valence-electron chi connectivity index (χ1n) is 12.7. The Kier molecular flexibility index (Phi) is 8.79. The van der Waals surface area contributed by atoms with Crippen LogP contribution in [0.4, 0.5) is 0 Å². The highest BCUT2D eigenvalue weighted by molar-refractivity contribution is 6.31. The van der Waals surface area contributed by atoms with Crippen LogP contribution in [-0.4, -0.2) is 33.0 Å². The first-order chi connectivity index (χ1) is 18.6. The molecule has 0 saturated heterocycles. The molecule has 2 N–H and O–H groups in total. The van der Waals surface area contributed by atoms with Crippen LogP contribution in [0.15, 0.2) is 84.0 Å². The van der Waals surface area contributed by atoms with Crippen LogP contribution in [0.1, 0.15) is 55.1 Å². The van der Waals surface area contributed by atoms with Gasteiger partial charge in [-0.1, -0.05) is 77.4 Å². The second-order valence-electron chi connectivity index (χ2n) is 9.87. The molecule has 200 valence electrons. The zero-order valence-electron chi connectivity index (χ0n) is 22.1. The summed E-state index contributed by atoms with van der Waals surface area (Å²) in [5.41, 5.74) is 4.81. The van der Waals surface area contributed by atoms with Crippen LogP contribution in [-0.2, 0) is 21.7 Å². The van der Waals surface area contributed by atoms with E-state index in [-0.39, 0.29) is 0 Å². The Morgan fingerprint density at radius 1 is 1.05 bits per heavy atom. The van der Waals surface area contributed by atoms with Crippen LogP contribution in [0.3, 0.4) is 0 Å². The van der Waals surface area contributed by atoms with E-state index in [0.29, 0.717) is 23.6 Å². The van der Waals surface area contributed by atoms with Gasteiger partial charge in [-0.3, -0.25) is 0 Å². The monoisotopic (exact) mass is 542 g/mol. The molecule has 1 aromatic heterocycles. The fourth-order valence-corrected chi connectivity index (χ4v) is 4.39. The molecule has 0 amide bonds. The number of carboxylic acids is 1. The second kappa shape index (κ2) is 12.2. The van der Waals surface area contributed by atoms with E-state index in [1.807, 2.05) is 91.0 Å². The van der Waals surface area contributed by atoms with Gasteiger partial charge in [0.15, 0.2) is 0 Å². The standard InChI is InChI=1S/C32H31ClN2O4/c1-21(31(36)37)39-35-29(18-14-23-8-4-5-10-28(23)32(2,3)38)25-9-6-7-22(19-25)11-16-27-17-13-24-12-15-26(33)20-30(24)34-27/h4-13,15-17,19-21,38H,14,18H2,1-3H3,(H,36,37)/b16-11+,35-29?. The van der Waals surface area contributed by atoms with Crippen molar-refractivity contribution in [3.05, 3.63) is 112 Å². The minimum atomic E-state index is -1.09. The Hall–Kier alpha value is -4.00. The van der Waals surface area contributed by atoms with Gasteiger partial charge in [-0.25, -0.2) is 9.78 Å². The smallest absolute Gasteiger partial charge is 0.347 e. The van der Waals surface area contributed by atoms with Crippen molar-refractivity contribution in [3.63, 3.8) is 0 Å². The van der Waals surface area contributed by atoms with E-state index in [1.165, 1.54) is 6.92 Å². The first kappa shape index (κ1) is 28.0. The summed E-state index contributed by atoms with van der Waals surface area (Å²) in [5, 5.41) is 25.8. The number of rotatable bonds is 10. The lowest BCUT2D eigenvalue weighted by molar-refractivity contribution is -0.149. The van der Waals surface area contributed by atoms with E-state index in [2.05, 4.69) is 10.1 Å². The number of halogens is 1. The summed E-state index contributed by atoms with van der Waals surface area (Å²) in [7, 11) is 0. The SMILES string of the molecule is CC(ON=C(CCc1ccccc1C(C)(C)O)c1cccc(/C=C/c2ccc3ccc(Cl)cc3n2)c1)C(=O)O. The lowest BCUT2D eigenvalue weighted by atomic mass is 9.90. The zero-order chi connectivity index (χ0) is 28.0. The van der Waals surface area contributed by atoms with Crippen molar-refractivity contribution in [1.29, 1.82) is 0 Å². The number of aryl methyl sites for hydroxylation is 1. The van der Waals surface area contributed by atoms with Crippen LogP contribution < -0.4 is 0 Å². The van der Waals surface area contributed by atoms with Gasteiger partial charge in [-0.15, -0.1) is 0 Å². The van der Waals surface area contributed by atoms with Gasteiger partial charge in [0.1, 0.15) is 0 Å². The summed E-state index contributed by atoms with van der Waals surface area (Å²) >= 11 is 6.12. The first-order valence-corrected chi connectivity index (χ1v) is 13.1. The van der Waals surface area contributed by atoms with E-state index in [1.54, 1.807) is 13.8 Å². The fraction of sp³-hybridized carbons (Fsp3) is 0.219. The Bertz CT molecular complexity index is 1540. The highest BCUT2D eigenvalue weighted by atomic mass is 35.5. The molecule has 6 nitrogen and oxygen atoms in total. The number of hydrogen-bond donors (Lipinski definition) is 2. The van der Waals surface area contributed by atoms with Crippen molar-refractivity contribution in [1.82, 2.24) is 4.98 Å². The molecular weight excluding hydrogens is 512 g/mol. The van der Waals surface area contributed by atoms with Gasteiger partial charge < -0.3 is 15.1 Å². The maximum atomic E-state index is 11.3. The summed E-state index contributed by atoms with van der Waals surface area (Å²) in [4.78, 5) is 21.3. The largest absolute Gasteiger partial charge is 0.478 e. The quantitative estimate of drug-likeness (QED) is 0.164. The van der Waals surface area contributed by atoms with E-state index >= 15 is 0 Å².